The van der Waals surface area contributed by atoms with Crippen molar-refractivity contribution in [3.8, 4) is 0 Å². The molecule has 1 N–H and O–H groups in total. The van der Waals surface area contributed by atoms with Gasteiger partial charge < -0.3 is 5.11 Å². The minimum atomic E-state index is -0.775. The fourth-order valence-electron chi connectivity index (χ4n) is 1.21. The van der Waals surface area contributed by atoms with Crippen LogP contribution in [0.5, 0.6) is 0 Å². The van der Waals surface area contributed by atoms with Gasteiger partial charge in [-0.05, 0) is 12.8 Å². The van der Waals surface area contributed by atoms with Crippen molar-refractivity contribution in [1.82, 2.24) is 0 Å². The van der Waals surface area contributed by atoms with Crippen molar-refractivity contribution in [1.29, 1.82) is 0 Å². The first-order valence-electron chi connectivity index (χ1n) is 3.16. The summed E-state index contributed by atoms with van der Waals surface area (Å²) in [6, 6.07) is 0. The van der Waals surface area contributed by atoms with Crippen molar-refractivity contribution in [2.45, 2.75) is 36.1 Å². The van der Waals surface area contributed by atoms with Gasteiger partial charge in [-0.2, -0.15) is 0 Å². The van der Waals surface area contributed by atoms with Crippen molar-refractivity contribution >= 4 is 23.2 Å². The van der Waals surface area contributed by atoms with Crippen LogP contribution in [0.1, 0.15) is 25.7 Å². The Balaban J connectivity index is 2.51. The first kappa shape index (κ1) is 7.64. The Hall–Kier alpha value is 0.540. The second kappa shape index (κ2) is 2.65. The molecule has 0 bridgehead atoms. The summed E-state index contributed by atoms with van der Waals surface area (Å²) >= 11 is 11.1. The Morgan fingerprint density at radius 2 is 1.67 bits per heavy atom. The summed E-state index contributed by atoms with van der Waals surface area (Å²) in [7, 11) is 0. The molecule has 0 radical (unpaired) electrons. The Morgan fingerprint density at radius 3 is 1.89 bits per heavy atom. The van der Waals surface area contributed by atoms with Crippen molar-refractivity contribution in [2.24, 2.45) is 0 Å². The van der Waals surface area contributed by atoms with Gasteiger partial charge in [-0.15, -0.1) is 23.2 Å². The molecular weight excluding hydrogens is 159 g/mol. The predicted octanol–water partition coefficient (Wildman–Crippen LogP) is 2.10. The molecule has 0 aromatic rings. The summed E-state index contributed by atoms with van der Waals surface area (Å²) < 4.78 is 0. The van der Waals surface area contributed by atoms with Gasteiger partial charge in [0, 0.05) is 0 Å². The maximum atomic E-state index is 9.50. The highest BCUT2D eigenvalue weighted by Gasteiger charge is 2.37. The second-order valence-electron chi connectivity index (χ2n) is 2.61. The van der Waals surface area contributed by atoms with Gasteiger partial charge in [0.15, 0.2) is 0 Å². The van der Waals surface area contributed by atoms with Gasteiger partial charge in [0.05, 0.1) is 5.60 Å². The van der Waals surface area contributed by atoms with Gasteiger partial charge >= 0.3 is 0 Å². The van der Waals surface area contributed by atoms with Crippen molar-refractivity contribution in [3.63, 3.8) is 0 Å². The molecule has 1 nitrogen and oxygen atoms in total. The Bertz CT molecular complexity index is 97.2. The number of rotatable bonds is 1. The lowest BCUT2D eigenvalue weighted by atomic mass is 10.1. The third-order valence-corrected chi connectivity index (χ3v) is 2.69. The highest BCUT2D eigenvalue weighted by atomic mass is 35.5. The Morgan fingerprint density at radius 1 is 1.22 bits per heavy atom. The van der Waals surface area contributed by atoms with E-state index >= 15 is 0 Å². The monoisotopic (exact) mass is 168 g/mol. The zero-order valence-electron chi connectivity index (χ0n) is 5.11. The lowest BCUT2D eigenvalue weighted by Gasteiger charge is -2.22. The zero-order valence-corrected chi connectivity index (χ0v) is 6.62. The first-order chi connectivity index (χ1) is 4.15. The molecule has 0 spiro atoms. The van der Waals surface area contributed by atoms with E-state index < -0.39 is 10.4 Å². The molecule has 1 aliphatic carbocycles. The standard InChI is InChI=1S/C6H10Cl2O/c7-5(8)6(9)3-1-2-4-6/h5,9H,1-4H2. The van der Waals surface area contributed by atoms with Crippen LogP contribution in [0.15, 0.2) is 0 Å². The Kier molecular flexibility index (Phi) is 2.25. The zero-order chi connectivity index (χ0) is 6.91. The van der Waals surface area contributed by atoms with E-state index in [2.05, 4.69) is 0 Å². The molecule has 1 rings (SSSR count). The summed E-state index contributed by atoms with van der Waals surface area (Å²) in [6.07, 6.45) is 3.61. The van der Waals surface area contributed by atoms with Crippen LogP contribution in [0.3, 0.4) is 0 Å². The molecule has 0 unspecified atom stereocenters. The molecule has 1 saturated carbocycles. The van der Waals surface area contributed by atoms with Crippen LogP contribution in [0.2, 0.25) is 0 Å². The maximum absolute atomic E-state index is 9.50. The average molecular weight is 169 g/mol. The lowest BCUT2D eigenvalue weighted by molar-refractivity contribution is 0.0619. The van der Waals surface area contributed by atoms with Crippen LogP contribution >= 0.6 is 23.2 Å². The van der Waals surface area contributed by atoms with E-state index in [1.807, 2.05) is 0 Å². The van der Waals surface area contributed by atoms with Gasteiger partial charge in [0.25, 0.3) is 0 Å². The number of hydrogen-bond donors (Lipinski definition) is 1. The first-order valence-corrected chi connectivity index (χ1v) is 4.03. The van der Waals surface area contributed by atoms with Crippen LogP contribution in [-0.4, -0.2) is 15.5 Å². The van der Waals surface area contributed by atoms with Gasteiger partial charge in [-0.1, -0.05) is 12.8 Å². The molecule has 0 aromatic carbocycles. The maximum Gasteiger partial charge on any atom is 0.136 e. The van der Waals surface area contributed by atoms with E-state index in [4.69, 9.17) is 23.2 Å². The van der Waals surface area contributed by atoms with Crippen LogP contribution in [-0.2, 0) is 0 Å². The van der Waals surface area contributed by atoms with Crippen LogP contribution in [0.4, 0.5) is 0 Å². The van der Waals surface area contributed by atoms with Crippen molar-refractivity contribution in [2.75, 3.05) is 0 Å². The topological polar surface area (TPSA) is 20.2 Å². The van der Waals surface area contributed by atoms with Gasteiger partial charge in [0.1, 0.15) is 4.84 Å². The minimum absolute atomic E-state index is 0.611. The number of halogens is 2. The second-order valence-corrected chi connectivity index (χ2v) is 3.71. The summed E-state index contributed by atoms with van der Waals surface area (Å²) in [5.74, 6) is 0. The highest BCUT2D eigenvalue weighted by Crippen LogP contribution is 2.36. The lowest BCUT2D eigenvalue weighted by Crippen LogP contribution is -2.31. The van der Waals surface area contributed by atoms with E-state index in [0.29, 0.717) is 0 Å². The third kappa shape index (κ3) is 1.51. The molecule has 0 saturated heterocycles. The van der Waals surface area contributed by atoms with Gasteiger partial charge in [-0.25, -0.2) is 0 Å². The smallest absolute Gasteiger partial charge is 0.136 e. The molecule has 1 aliphatic rings. The molecule has 54 valence electrons. The predicted molar refractivity (Wildman–Crippen MR) is 38.9 cm³/mol. The van der Waals surface area contributed by atoms with Crippen molar-refractivity contribution in [3.05, 3.63) is 0 Å². The molecule has 0 heterocycles. The SMILES string of the molecule is OC1(C(Cl)Cl)CCCC1. The third-order valence-electron chi connectivity index (χ3n) is 1.88. The molecule has 0 aliphatic heterocycles. The number of aliphatic hydroxyl groups is 1. The van der Waals surface area contributed by atoms with Gasteiger partial charge in [0.2, 0.25) is 0 Å². The normalized spacial score (nSPS) is 25.3. The van der Waals surface area contributed by atoms with Gasteiger partial charge in [-0.3, -0.25) is 0 Å². The van der Waals surface area contributed by atoms with E-state index in [9.17, 15) is 5.11 Å². The summed E-state index contributed by atoms with van der Waals surface area (Å²) in [5.41, 5.74) is -0.775. The minimum Gasteiger partial charge on any atom is -0.387 e. The average Bonchev–Trinajstić information content (AvgIpc) is 2.16. The highest BCUT2D eigenvalue weighted by molar-refractivity contribution is 6.45. The molecule has 3 heteroatoms. The summed E-state index contributed by atoms with van der Waals surface area (Å²) in [5, 5.41) is 9.50. The summed E-state index contributed by atoms with van der Waals surface area (Å²) in [4.78, 5) is -0.611. The van der Waals surface area contributed by atoms with E-state index in [1.165, 1.54) is 0 Å². The van der Waals surface area contributed by atoms with Crippen molar-refractivity contribution < 1.29 is 5.11 Å². The molecule has 0 atom stereocenters. The van der Waals surface area contributed by atoms with Crippen LogP contribution in [0, 0.1) is 0 Å². The van der Waals surface area contributed by atoms with E-state index in [-0.39, 0.29) is 0 Å². The largest absolute Gasteiger partial charge is 0.387 e. The quantitative estimate of drug-likeness (QED) is 0.596. The van der Waals surface area contributed by atoms with E-state index in [1.54, 1.807) is 0 Å². The number of alkyl halides is 2. The molecule has 0 amide bonds. The molecule has 0 aromatic heterocycles. The summed E-state index contributed by atoms with van der Waals surface area (Å²) in [6.45, 7) is 0. The van der Waals surface area contributed by atoms with Crippen LogP contribution < -0.4 is 0 Å². The molecular formula is C6H10Cl2O. The van der Waals surface area contributed by atoms with Crippen LogP contribution in [0.25, 0.3) is 0 Å². The van der Waals surface area contributed by atoms with E-state index in [0.717, 1.165) is 25.7 Å². The Labute approximate surface area is 65.0 Å². The molecule has 1 fully saturated rings. The fraction of sp³-hybridized carbons (Fsp3) is 1.00. The fourth-order valence-corrected chi connectivity index (χ4v) is 1.64. The number of hydrogen-bond acceptors (Lipinski definition) is 1. The molecule has 9 heavy (non-hydrogen) atoms.